The predicted octanol–water partition coefficient (Wildman–Crippen LogP) is 3.93. The summed E-state index contributed by atoms with van der Waals surface area (Å²) in [6.07, 6.45) is 7.49. The van der Waals surface area contributed by atoms with Gasteiger partial charge in [-0.15, -0.1) is 0 Å². The molecule has 0 saturated heterocycles. The van der Waals surface area contributed by atoms with Gasteiger partial charge in [-0.25, -0.2) is 9.97 Å². The van der Waals surface area contributed by atoms with E-state index in [-0.39, 0.29) is 0 Å². The van der Waals surface area contributed by atoms with E-state index in [2.05, 4.69) is 33.0 Å². The molecule has 1 aliphatic carbocycles. The van der Waals surface area contributed by atoms with Crippen molar-refractivity contribution in [1.82, 2.24) is 15.3 Å². The van der Waals surface area contributed by atoms with Crippen molar-refractivity contribution in [3.05, 3.63) is 22.8 Å². The maximum atomic E-state index is 4.81. The zero-order chi connectivity index (χ0) is 15.2. The molecule has 1 fully saturated rings. The van der Waals surface area contributed by atoms with Crippen LogP contribution in [-0.4, -0.2) is 23.1 Å². The summed E-state index contributed by atoms with van der Waals surface area (Å²) in [6, 6.07) is 0. The first kappa shape index (κ1) is 16.4. The lowest BCUT2D eigenvalue weighted by Crippen LogP contribution is -2.21. The van der Waals surface area contributed by atoms with Crippen LogP contribution in [0.25, 0.3) is 0 Å². The van der Waals surface area contributed by atoms with Crippen LogP contribution in [-0.2, 0) is 6.42 Å². The lowest BCUT2D eigenvalue weighted by Gasteiger charge is -2.14. The summed E-state index contributed by atoms with van der Waals surface area (Å²) < 4.78 is 0. The highest BCUT2D eigenvalue weighted by molar-refractivity contribution is 5.25. The number of hydrogen-bond acceptors (Lipinski definition) is 3. The van der Waals surface area contributed by atoms with E-state index < -0.39 is 0 Å². The van der Waals surface area contributed by atoms with Gasteiger partial charge in [0, 0.05) is 17.3 Å². The van der Waals surface area contributed by atoms with E-state index in [0.717, 1.165) is 31.3 Å². The molecule has 1 saturated carbocycles. The Morgan fingerprint density at radius 2 is 1.71 bits per heavy atom. The van der Waals surface area contributed by atoms with E-state index in [0.29, 0.717) is 5.92 Å². The lowest BCUT2D eigenvalue weighted by molar-refractivity contribution is 0.542. The van der Waals surface area contributed by atoms with Gasteiger partial charge in [0.1, 0.15) is 5.82 Å². The van der Waals surface area contributed by atoms with Crippen LogP contribution >= 0.6 is 0 Å². The molecule has 0 aliphatic heterocycles. The van der Waals surface area contributed by atoms with Gasteiger partial charge in [-0.2, -0.15) is 0 Å². The van der Waals surface area contributed by atoms with Gasteiger partial charge in [-0.1, -0.05) is 26.7 Å². The fraction of sp³-hybridized carbons (Fsp3) is 0.778. The van der Waals surface area contributed by atoms with Crippen molar-refractivity contribution in [1.29, 1.82) is 0 Å². The molecule has 0 aromatic carbocycles. The molecule has 0 unspecified atom stereocenters. The van der Waals surface area contributed by atoms with Crippen molar-refractivity contribution >= 4 is 0 Å². The fourth-order valence-corrected chi connectivity index (χ4v) is 3.27. The SMILES string of the molecule is Cc1nc(C2CCCC2)nc(C)c1CCCNCC(C)C. The average molecular weight is 289 g/mol. The van der Waals surface area contributed by atoms with Crippen LogP contribution in [0.5, 0.6) is 0 Å². The van der Waals surface area contributed by atoms with Gasteiger partial charge in [0.15, 0.2) is 0 Å². The summed E-state index contributed by atoms with van der Waals surface area (Å²) in [7, 11) is 0. The van der Waals surface area contributed by atoms with E-state index >= 15 is 0 Å². The van der Waals surface area contributed by atoms with Gasteiger partial charge in [0.25, 0.3) is 0 Å². The normalized spacial score (nSPS) is 16.0. The van der Waals surface area contributed by atoms with Crippen LogP contribution in [0, 0.1) is 19.8 Å². The zero-order valence-corrected chi connectivity index (χ0v) is 14.2. The van der Waals surface area contributed by atoms with E-state index in [1.807, 2.05) is 0 Å². The van der Waals surface area contributed by atoms with Crippen LogP contribution in [0.1, 0.15) is 74.6 Å². The van der Waals surface area contributed by atoms with Crippen LogP contribution < -0.4 is 5.32 Å². The average Bonchev–Trinajstić information content (AvgIpc) is 2.94. The first-order valence-corrected chi connectivity index (χ1v) is 8.62. The molecular formula is C18H31N3. The molecule has 1 aromatic heterocycles. The summed E-state index contributed by atoms with van der Waals surface area (Å²) in [5.74, 6) is 2.44. The van der Waals surface area contributed by atoms with Crippen molar-refractivity contribution in [2.75, 3.05) is 13.1 Å². The van der Waals surface area contributed by atoms with Gasteiger partial charge in [0.2, 0.25) is 0 Å². The molecule has 1 N–H and O–H groups in total. The highest BCUT2D eigenvalue weighted by atomic mass is 14.9. The maximum absolute atomic E-state index is 4.81. The van der Waals surface area contributed by atoms with Crippen molar-refractivity contribution in [2.45, 2.75) is 72.1 Å². The molecule has 0 radical (unpaired) electrons. The van der Waals surface area contributed by atoms with Crippen molar-refractivity contribution in [3.8, 4) is 0 Å². The summed E-state index contributed by atoms with van der Waals surface area (Å²) in [5.41, 5.74) is 3.77. The zero-order valence-electron chi connectivity index (χ0n) is 14.2. The number of aromatic nitrogens is 2. The molecule has 1 aliphatic rings. The molecule has 2 rings (SSSR count). The Morgan fingerprint density at radius 1 is 1.10 bits per heavy atom. The predicted molar refractivity (Wildman–Crippen MR) is 88.7 cm³/mol. The second kappa shape index (κ2) is 7.88. The highest BCUT2D eigenvalue weighted by Gasteiger charge is 2.21. The Kier molecular flexibility index (Phi) is 6.16. The number of nitrogens with zero attached hydrogens (tertiary/aromatic N) is 2. The third kappa shape index (κ3) is 4.77. The molecular weight excluding hydrogens is 258 g/mol. The van der Waals surface area contributed by atoms with Crippen molar-refractivity contribution in [3.63, 3.8) is 0 Å². The maximum Gasteiger partial charge on any atom is 0.131 e. The Morgan fingerprint density at radius 3 is 2.29 bits per heavy atom. The first-order valence-electron chi connectivity index (χ1n) is 8.62. The Bertz CT molecular complexity index is 425. The summed E-state index contributed by atoms with van der Waals surface area (Å²) in [5, 5.41) is 3.51. The largest absolute Gasteiger partial charge is 0.316 e. The second-order valence-corrected chi connectivity index (χ2v) is 6.91. The van der Waals surface area contributed by atoms with Gasteiger partial charge < -0.3 is 5.32 Å². The number of aryl methyl sites for hydroxylation is 2. The third-order valence-corrected chi connectivity index (χ3v) is 4.49. The first-order chi connectivity index (χ1) is 10.1. The van der Waals surface area contributed by atoms with Crippen molar-refractivity contribution in [2.24, 2.45) is 5.92 Å². The van der Waals surface area contributed by atoms with E-state index in [1.54, 1.807) is 0 Å². The van der Waals surface area contributed by atoms with E-state index in [1.165, 1.54) is 49.1 Å². The minimum absolute atomic E-state index is 0.615. The summed E-state index contributed by atoms with van der Waals surface area (Å²) in [4.78, 5) is 9.62. The molecule has 118 valence electrons. The Hall–Kier alpha value is -0.960. The van der Waals surface area contributed by atoms with Gasteiger partial charge in [-0.05, 0) is 64.1 Å². The molecule has 0 bridgehead atoms. The number of rotatable bonds is 7. The van der Waals surface area contributed by atoms with Crippen LogP contribution in [0.15, 0.2) is 0 Å². The van der Waals surface area contributed by atoms with Gasteiger partial charge in [0.05, 0.1) is 0 Å². The van der Waals surface area contributed by atoms with Gasteiger partial charge >= 0.3 is 0 Å². The van der Waals surface area contributed by atoms with E-state index in [4.69, 9.17) is 9.97 Å². The smallest absolute Gasteiger partial charge is 0.131 e. The number of nitrogens with one attached hydrogen (secondary N) is 1. The molecule has 3 heteroatoms. The summed E-state index contributed by atoms with van der Waals surface area (Å²) >= 11 is 0. The lowest BCUT2D eigenvalue weighted by atomic mass is 10.0. The summed E-state index contributed by atoms with van der Waals surface area (Å²) in [6.45, 7) is 11.0. The van der Waals surface area contributed by atoms with Crippen LogP contribution in [0.3, 0.4) is 0 Å². The minimum Gasteiger partial charge on any atom is -0.316 e. The molecule has 3 nitrogen and oxygen atoms in total. The second-order valence-electron chi connectivity index (χ2n) is 6.91. The van der Waals surface area contributed by atoms with Crippen LogP contribution in [0.4, 0.5) is 0 Å². The third-order valence-electron chi connectivity index (χ3n) is 4.49. The van der Waals surface area contributed by atoms with Crippen LogP contribution in [0.2, 0.25) is 0 Å². The molecule has 0 spiro atoms. The monoisotopic (exact) mass is 289 g/mol. The molecule has 0 atom stereocenters. The molecule has 0 amide bonds. The van der Waals surface area contributed by atoms with E-state index in [9.17, 15) is 0 Å². The fourth-order valence-electron chi connectivity index (χ4n) is 3.27. The van der Waals surface area contributed by atoms with Crippen molar-refractivity contribution < 1.29 is 0 Å². The Balaban J connectivity index is 1.90. The standard InChI is InChI=1S/C18H31N3/c1-13(2)12-19-11-7-10-17-14(3)20-18(21-15(17)4)16-8-5-6-9-16/h13,16,19H,5-12H2,1-4H3. The van der Waals surface area contributed by atoms with Gasteiger partial charge in [-0.3, -0.25) is 0 Å². The molecule has 1 aromatic rings. The molecule has 21 heavy (non-hydrogen) atoms. The highest BCUT2D eigenvalue weighted by Crippen LogP contribution is 2.32. The number of hydrogen-bond donors (Lipinski definition) is 1. The topological polar surface area (TPSA) is 37.8 Å². The quantitative estimate of drug-likeness (QED) is 0.773. The molecule has 1 heterocycles. The Labute approximate surface area is 130 Å². The minimum atomic E-state index is 0.615.